The molecule has 3 N–H and O–H groups in total. The van der Waals surface area contributed by atoms with Gasteiger partial charge in [-0.3, -0.25) is 0 Å². The highest BCUT2D eigenvalue weighted by atomic mass is 32.2. The van der Waals surface area contributed by atoms with E-state index in [4.69, 9.17) is 22.5 Å². The largest absolute Gasteiger partial charge is 0.389 e. The topological polar surface area (TPSA) is 64.1 Å². The maximum atomic E-state index is 5.90. The number of anilines is 1. The van der Waals surface area contributed by atoms with Crippen LogP contribution in [0.25, 0.3) is 0 Å². The number of thioether (sulfide) groups is 1. The number of nitrogens with zero attached hydrogens (tertiary/aromatic N) is 1. The van der Waals surface area contributed by atoms with Crippen LogP contribution in [-0.4, -0.2) is 15.9 Å². The second-order valence-electron chi connectivity index (χ2n) is 4.63. The normalized spacial score (nSPS) is 10.6. The van der Waals surface area contributed by atoms with Crippen molar-refractivity contribution in [3.05, 3.63) is 40.8 Å². The monoisotopic (exact) mass is 321 g/mol. The lowest BCUT2D eigenvalue weighted by atomic mass is 10.1. The second-order valence-corrected chi connectivity index (χ2v) is 6.38. The Kier molecular flexibility index (Phi) is 5.25. The number of thiocarbonyl (C=S) groups is 1. The molecule has 0 bridgehead atoms. The van der Waals surface area contributed by atoms with Crippen molar-refractivity contribution in [2.24, 2.45) is 5.73 Å². The number of nitrogens with two attached hydrogens (primary N) is 1. The Morgan fingerprint density at radius 1 is 1.43 bits per heavy atom. The van der Waals surface area contributed by atoms with Gasteiger partial charge in [0.15, 0.2) is 0 Å². The summed E-state index contributed by atoms with van der Waals surface area (Å²) in [5, 5.41) is 7.36. The lowest BCUT2D eigenvalue weighted by Crippen LogP contribution is -2.15. The fourth-order valence-corrected chi connectivity index (χ4v) is 3.28. The van der Waals surface area contributed by atoms with Gasteiger partial charge in [-0.2, -0.15) is 0 Å². The molecular formula is C15H19N3OS2. The first kappa shape index (κ1) is 15.9. The summed E-state index contributed by atoms with van der Waals surface area (Å²) in [7, 11) is 0. The van der Waals surface area contributed by atoms with Crippen LogP contribution in [0.5, 0.6) is 0 Å². The molecule has 0 saturated carbocycles. The predicted molar refractivity (Wildman–Crippen MR) is 92.0 cm³/mol. The maximum Gasteiger partial charge on any atom is 0.138 e. The molecule has 2 rings (SSSR count). The van der Waals surface area contributed by atoms with Crippen LogP contribution >= 0.6 is 24.0 Å². The molecule has 0 unspecified atom stereocenters. The zero-order valence-electron chi connectivity index (χ0n) is 12.4. The van der Waals surface area contributed by atoms with Gasteiger partial charge in [0.1, 0.15) is 10.7 Å². The highest BCUT2D eigenvalue weighted by molar-refractivity contribution is 7.99. The molecule has 0 aliphatic rings. The number of rotatable bonds is 6. The molecule has 0 saturated heterocycles. The summed E-state index contributed by atoms with van der Waals surface area (Å²) < 4.78 is 5.18. The molecule has 1 heterocycles. The van der Waals surface area contributed by atoms with E-state index in [0.29, 0.717) is 11.5 Å². The standard InChI is InChI=1S/C15H19N3OS2/c1-4-21-13-7-5-6-12(14(13)15(16)20)17-8-11-9(2)18-19-10(11)3/h5-7,17H,4,8H2,1-3H3,(H2,16,20). The smallest absolute Gasteiger partial charge is 0.138 e. The van der Waals surface area contributed by atoms with Crippen molar-refractivity contribution in [1.82, 2.24) is 5.16 Å². The first-order chi connectivity index (χ1) is 10.0. The predicted octanol–water partition coefficient (Wildman–Crippen LogP) is 3.65. The van der Waals surface area contributed by atoms with Gasteiger partial charge in [-0.1, -0.05) is 30.4 Å². The highest BCUT2D eigenvalue weighted by Gasteiger charge is 2.13. The molecule has 0 atom stereocenters. The minimum Gasteiger partial charge on any atom is -0.389 e. The molecule has 0 spiro atoms. The molecule has 112 valence electrons. The molecular weight excluding hydrogens is 302 g/mol. The molecule has 1 aromatic heterocycles. The molecule has 4 nitrogen and oxygen atoms in total. The van der Waals surface area contributed by atoms with E-state index in [9.17, 15) is 0 Å². The van der Waals surface area contributed by atoms with Crippen molar-refractivity contribution in [2.45, 2.75) is 32.2 Å². The molecule has 0 aliphatic heterocycles. The molecule has 21 heavy (non-hydrogen) atoms. The first-order valence-electron chi connectivity index (χ1n) is 6.75. The summed E-state index contributed by atoms with van der Waals surface area (Å²) in [6.45, 7) is 6.59. The van der Waals surface area contributed by atoms with E-state index in [0.717, 1.165) is 38.9 Å². The van der Waals surface area contributed by atoms with Crippen LogP contribution < -0.4 is 11.1 Å². The quantitative estimate of drug-likeness (QED) is 0.625. The van der Waals surface area contributed by atoms with Gasteiger partial charge in [0, 0.05) is 28.3 Å². The second kappa shape index (κ2) is 6.95. The van der Waals surface area contributed by atoms with Crippen molar-refractivity contribution in [2.75, 3.05) is 11.1 Å². The van der Waals surface area contributed by atoms with Crippen LogP contribution in [0, 0.1) is 13.8 Å². The lowest BCUT2D eigenvalue weighted by Gasteiger charge is -2.14. The van der Waals surface area contributed by atoms with Gasteiger partial charge in [0.25, 0.3) is 0 Å². The number of hydrogen-bond acceptors (Lipinski definition) is 5. The van der Waals surface area contributed by atoms with Crippen molar-refractivity contribution < 1.29 is 4.52 Å². The van der Waals surface area contributed by atoms with E-state index in [1.807, 2.05) is 32.0 Å². The SMILES string of the molecule is CCSc1cccc(NCc2c(C)noc2C)c1C(N)=S. The van der Waals surface area contributed by atoms with Crippen LogP contribution in [0.15, 0.2) is 27.6 Å². The Balaban J connectivity index is 2.27. The summed E-state index contributed by atoms with van der Waals surface area (Å²) in [5.41, 5.74) is 9.72. The molecule has 0 aliphatic carbocycles. The Labute approximate surface area is 134 Å². The molecule has 1 aromatic carbocycles. The highest BCUT2D eigenvalue weighted by Crippen LogP contribution is 2.29. The van der Waals surface area contributed by atoms with Gasteiger partial charge in [-0.25, -0.2) is 0 Å². The van der Waals surface area contributed by atoms with Gasteiger partial charge >= 0.3 is 0 Å². The zero-order chi connectivity index (χ0) is 15.4. The van der Waals surface area contributed by atoms with Crippen LogP contribution in [-0.2, 0) is 6.54 Å². The summed E-state index contributed by atoms with van der Waals surface area (Å²) in [5.74, 6) is 1.80. The molecule has 0 radical (unpaired) electrons. The summed E-state index contributed by atoms with van der Waals surface area (Å²) in [6, 6.07) is 6.05. The third-order valence-corrected chi connectivity index (χ3v) is 4.35. The van der Waals surface area contributed by atoms with Crippen LogP contribution in [0.1, 0.15) is 29.5 Å². The van der Waals surface area contributed by atoms with E-state index in [1.54, 1.807) is 11.8 Å². The van der Waals surface area contributed by atoms with Gasteiger partial charge < -0.3 is 15.6 Å². The first-order valence-corrected chi connectivity index (χ1v) is 8.15. The van der Waals surface area contributed by atoms with Crippen molar-refractivity contribution in [1.29, 1.82) is 0 Å². The minimum absolute atomic E-state index is 0.410. The lowest BCUT2D eigenvalue weighted by molar-refractivity contribution is 0.392. The number of aryl methyl sites for hydroxylation is 2. The number of nitrogens with one attached hydrogen (secondary N) is 1. The van der Waals surface area contributed by atoms with Gasteiger partial charge in [-0.15, -0.1) is 11.8 Å². The Morgan fingerprint density at radius 3 is 2.76 bits per heavy atom. The van der Waals surface area contributed by atoms with Crippen molar-refractivity contribution >= 4 is 34.7 Å². The van der Waals surface area contributed by atoms with Crippen LogP contribution in [0.3, 0.4) is 0 Å². The van der Waals surface area contributed by atoms with E-state index in [1.165, 1.54) is 0 Å². The Morgan fingerprint density at radius 2 is 2.19 bits per heavy atom. The fourth-order valence-electron chi connectivity index (χ4n) is 2.15. The van der Waals surface area contributed by atoms with Gasteiger partial charge in [-0.05, 0) is 31.7 Å². The van der Waals surface area contributed by atoms with Crippen molar-refractivity contribution in [3.8, 4) is 0 Å². The molecule has 0 fully saturated rings. The molecule has 2 aromatic rings. The van der Waals surface area contributed by atoms with E-state index in [2.05, 4.69) is 17.4 Å². The third kappa shape index (κ3) is 3.57. The van der Waals surface area contributed by atoms with Crippen molar-refractivity contribution in [3.63, 3.8) is 0 Å². The Hall–Kier alpha value is -1.53. The molecule has 0 amide bonds. The average Bonchev–Trinajstić information content (AvgIpc) is 2.76. The minimum atomic E-state index is 0.410. The average molecular weight is 321 g/mol. The number of aromatic nitrogens is 1. The summed E-state index contributed by atoms with van der Waals surface area (Å²) in [6.07, 6.45) is 0. The van der Waals surface area contributed by atoms with E-state index >= 15 is 0 Å². The summed E-state index contributed by atoms with van der Waals surface area (Å²) in [4.78, 5) is 1.52. The number of hydrogen-bond donors (Lipinski definition) is 2. The van der Waals surface area contributed by atoms with Gasteiger partial charge in [0.2, 0.25) is 0 Å². The van der Waals surface area contributed by atoms with E-state index in [-0.39, 0.29) is 0 Å². The fraction of sp³-hybridized carbons (Fsp3) is 0.333. The van der Waals surface area contributed by atoms with E-state index < -0.39 is 0 Å². The van der Waals surface area contributed by atoms with Crippen LogP contribution in [0.4, 0.5) is 5.69 Å². The zero-order valence-corrected chi connectivity index (χ0v) is 14.0. The third-order valence-electron chi connectivity index (χ3n) is 3.21. The Bertz CT molecular complexity index is 633. The van der Waals surface area contributed by atoms with Crippen LogP contribution in [0.2, 0.25) is 0 Å². The van der Waals surface area contributed by atoms with Gasteiger partial charge in [0.05, 0.1) is 5.69 Å². The maximum absolute atomic E-state index is 5.90. The number of benzene rings is 1. The summed E-state index contributed by atoms with van der Waals surface area (Å²) >= 11 is 6.95. The molecule has 6 heteroatoms.